The van der Waals surface area contributed by atoms with Crippen molar-refractivity contribution < 1.29 is 27.9 Å². The van der Waals surface area contributed by atoms with Crippen molar-refractivity contribution in [1.82, 2.24) is 35.4 Å². The van der Waals surface area contributed by atoms with Crippen molar-refractivity contribution in [3.05, 3.63) is 64.6 Å². The molecule has 14 heteroatoms. The number of tetrazole rings is 1. The van der Waals surface area contributed by atoms with Gasteiger partial charge in [-0.1, -0.05) is 29.8 Å². The molecule has 4 aromatic rings. The van der Waals surface area contributed by atoms with Crippen molar-refractivity contribution in [2.24, 2.45) is 0 Å². The molecule has 5 rings (SSSR count). The summed E-state index contributed by atoms with van der Waals surface area (Å²) < 4.78 is 35.8. The van der Waals surface area contributed by atoms with Gasteiger partial charge in [-0.25, -0.2) is 13.6 Å². The number of carbonyl (C=O) groups excluding carboxylic acids is 3. The molecule has 3 heterocycles. The molecule has 2 amide bonds. The third-order valence-corrected chi connectivity index (χ3v) is 6.64. The number of nitrogens with one attached hydrogen (secondary N) is 2. The fourth-order valence-corrected chi connectivity index (χ4v) is 4.78. The van der Waals surface area contributed by atoms with E-state index in [1.165, 1.54) is 19.1 Å². The summed E-state index contributed by atoms with van der Waals surface area (Å²) in [5.41, 5.74) is 1.54. The summed E-state index contributed by atoms with van der Waals surface area (Å²) in [4.78, 5) is 38.9. The maximum atomic E-state index is 14.6. The number of ether oxygens (including phenoxy) is 1. The van der Waals surface area contributed by atoms with E-state index in [0.29, 0.717) is 22.0 Å². The average Bonchev–Trinajstić information content (AvgIpc) is 3.64. The summed E-state index contributed by atoms with van der Waals surface area (Å²) in [5, 5.41) is 16.3. The van der Waals surface area contributed by atoms with E-state index in [9.17, 15) is 23.2 Å². The normalized spacial score (nSPS) is 17.0. The first kappa shape index (κ1) is 26.2. The van der Waals surface area contributed by atoms with Crippen LogP contribution in [-0.4, -0.2) is 66.8 Å². The van der Waals surface area contributed by atoms with Crippen LogP contribution in [0.25, 0.3) is 22.3 Å². The molecule has 11 nitrogen and oxygen atoms in total. The first-order valence-corrected chi connectivity index (χ1v) is 12.3. The molecule has 0 saturated carbocycles. The van der Waals surface area contributed by atoms with Crippen molar-refractivity contribution in [3.8, 4) is 11.4 Å². The number of amides is 2. The zero-order valence-corrected chi connectivity index (χ0v) is 21.3. The van der Waals surface area contributed by atoms with Crippen LogP contribution in [0.4, 0.5) is 13.6 Å². The molecule has 0 aliphatic carbocycles. The molecule has 0 spiro atoms. The van der Waals surface area contributed by atoms with Crippen molar-refractivity contribution >= 4 is 40.3 Å². The largest absolute Gasteiger partial charge is 0.425 e. The number of H-pyrrole nitrogens is 1. The Balaban J connectivity index is 1.26. The number of ketones is 1. The summed E-state index contributed by atoms with van der Waals surface area (Å²) in [6.07, 6.45) is -2.17. The third kappa shape index (κ3) is 5.43. The highest BCUT2D eigenvalue weighted by atomic mass is 35.5. The number of aromatic nitrogens is 5. The number of hydrogen-bond acceptors (Lipinski definition) is 7. The summed E-state index contributed by atoms with van der Waals surface area (Å²) in [6, 6.07) is 9.85. The number of nitrogens with zero attached hydrogens (tertiary/aromatic N) is 5. The second kappa shape index (κ2) is 10.8. The molecule has 1 saturated heterocycles. The number of Topliss-reactive ketones (excluding diaryl/α,β-unsaturated/α-hetero) is 1. The zero-order valence-electron chi connectivity index (χ0n) is 20.5. The molecule has 39 heavy (non-hydrogen) atoms. The summed E-state index contributed by atoms with van der Waals surface area (Å²) in [7, 11) is 0. The second-order valence-electron chi connectivity index (χ2n) is 9.00. The van der Waals surface area contributed by atoms with Gasteiger partial charge in [-0.05, 0) is 30.3 Å². The van der Waals surface area contributed by atoms with Crippen LogP contribution in [0, 0.1) is 5.82 Å². The van der Waals surface area contributed by atoms with E-state index in [4.69, 9.17) is 16.3 Å². The number of halogens is 3. The van der Waals surface area contributed by atoms with Crippen molar-refractivity contribution in [3.63, 3.8) is 0 Å². The molecule has 2 N–H and O–H groups in total. The topological polar surface area (TPSA) is 135 Å². The Labute approximate surface area is 225 Å². The van der Waals surface area contributed by atoms with Crippen LogP contribution in [0.3, 0.4) is 0 Å². The van der Waals surface area contributed by atoms with Gasteiger partial charge in [-0.15, -0.1) is 10.2 Å². The van der Waals surface area contributed by atoms with Gasteiger partial charge in [0.1, 0.15) is 18.5 Å². The minimum atomic E-state index is -1.40. The van der Waals surface area contributed by atoms with Gasteiger partial charge >= 0.3 is 6.09 Å². The number of aromatic amines is 1. The number of rotatable bonds is 7. The van der Waals surface area contributed by atoms with Gasteiger partial charge in [-0.3, -0.25) is 9.59 Å². The summed E-state index contributed by atoms with van der Waals surface area (Å²) >= 11 is 5.97. The summed E-state index contributed by atoms with van der Waals surface area (Å²) in [5.74, 6) is -1.22. The Bertz CT molecular complexity index is 1560. The Kier molecular flexibility index (Phi) is 7.24. The van der Waals surface area contributed by atoms with Gasteiger partial charge in [0.15, 0.2) is 12.0 Å². The summed E-state index contributed by atoms with van der Waals surface area (Å²) in [6.45, 7) is 0.687. The van der Waals surface area contributed by atoms with E-state index < -0.39 is 30.2 Å². The standard InChI is InChI=1S/C25H22ClF2N7O4/c1-13(36)18-11-34(20-5-3-2-4-17(18)20)12-21(37)35-10-16(27)8-22(35)39-25(38)29-9-15-6-14(7-19(26)23(15)28)24-30-32-33-31-24/h2-7,11,16,22H,8-10,12H2,1H3,(H,29,38)(H,30,31,32,33)/t16-,22+/m1/s1. The predicted octanol–water partition coefficient (Wildman–Crippen LogP) is 3.64. The fraction of sp³-hybridized carbons (Fsp3) is 0.280. The molecule has 2 atom stereocenters. The van der Waals surface area contributed by atoms with E-state index in [-0.39, 0.29) is 48.2 Å². The lowest BCUT2D eigenvalue weighted by atomic mass is 10.1. The monoisotopic (exact) mass is 557 g/mol. The Hall–Kier alpha value is -4.39. The molecule has 1 fully saturated rings. The number of hydrogen-bond donors (Lipinski definition) is 2. The van der Waals surface area contributed by atoms with Gasteiger partial charge in [-0.2, -0.15) is 5.21 Å². The maximum Gasteiger partial charge on any atom is 0.409 e. The number of alkyl carbamates (subject to hydrolysis) is 1. The minimum absolute atomic E-state index is 0.0303. The molecular formula is C25H22ClF2N7O4. The highest BCUT2D eigenvalue weighted by Crippen LogP contribution is 2.27. The number of benzene rings is 2. The number of fused-ring (bicyclic) bond motifs is 1. The molecule has 0 unspecified atom stereocenters. The van der Waals surface area contributed by atoms with E-state index >= 15 is 0 Å². The lowest BCUT2D eigenvalue weighted by Crippen LogP contribution is -2.42. The van der Waals surface area contributed by atoms with Gasteiger partial charge in [0.2, 0.25) is 11.7 Å². The van der Waals surface area contributed by atoms with Crippen molar-refractivity contribution in [2.75, 3.05) is 6.54 Å². The third-order valence-electron chi connectivity index (χ3n) is 6.37. The molecule has 1 aliphatic heterocycles. The molecule has 1 aliphatic rings. The van der Waals surface area contributed by atoms with Crippen LogP contribution < -0.4 is 5.32 Å². The van der Waals surface area contributed by atoms with E-state index in [1.54, 1.807) is 35.0 Å². The maximum absolute atomic E-state index is 14.6. The molecular weight excluding hydrogens is 536 g/mol. The second-order valence-corrected chi connectivity index (χ2v) is 9.41. The minimum Gasteiger partial charge on any atom is -0.425 e. The van der Waals surface area contributed by atoms with Crippen LogP contribution >= 0.6 is 11.6 Å². The van der Waals surface area contributed by atoms with Crippen LogP contribution in [0.2, 0.25) is 5.02 Å². The number of likely N-dealkylation sites (tertiary alicyclic amines) is 1. The lowest BCUT2D eigenvalue weighted by Gasteiger charge is -2.24. The van der Waals surface area contributed by atoms with Crippen LogP contribution in [0.5, 0.6) is 0 Å². The first-order valence-electron chi connectivity index (χ1n) is 11.9. The van der Waals surface area contributed by atoms with Crippen LogP contribution in [0.1, 0.15) is 29.3 Å². The highest BCUT2D eigenvalue weighted by Gasteiger charge is 2.38. The fourth-order valence-electron chi connectivity index (χ4n) is 4.54. The zero-order chi connectivity index (χ0) is 27.7. The Morgan fingerprint density at radius 3 is 2.79 bits per heavy atom. The van der Waals surface area contributed by atoms with Gasteiger partial charge in [0.05, 0.1) is 11.6 Å². The molecule has 202 valence electrons. The van der Waals surface area contributed by atoms with Gasteiger partial charge in [0.25, 0.3) is 0 Å². The van der Waals surface area contributed by atoms with Crippen molar-refractivity contribution in [1.29, 1.82) is 0 Å². The smallest absolute Gasteiger partial charge is 0.409 e. The highest BCUT2D eigenvalue weighted by molar-refractivity contribution is 6.31. The number of alkyl halides is 1. The Morgan fingerprint density at radius 1 is 1.26 bits per heavy atom. The van der Waals surface area contributed by atoms with E-state index in [1.807, 2.05) is 0 Å². The Morgan fingerprint density at radius 2 is 2.05 bits per heavy atom. The predicted molar refractivity (Wildman–Crippen MR) is 135 cm³/mol. The van der Waals surface area contributed by atoms with Gasteiger partial charge in [0, 0.05) is 46.8 Å². The lowest BCUT2D eigenvalue weighted by molar-refractivity contribution is -0.138. The van der Waals surface area contributed by atoms with E-state index in [0.717, 1.165) is 4.90 Å². The number of carbonyl (C=O) groups is 3. The number of para-hydroxylation sites is 1. The quantitative estimate of drug-likeness (QED) is 0.331. The molecule has 0 bridgehead atoms. The average molecular weight is 558 g/mol. The van der Waals surface area contributed by atoms with Crippen molar-refractivity contribution in [2.45, 2.75) is 38.8 Å². The SMILES string of the molecule is CC(=O)c1cn(CC(=O)N2C[C@H](F)C[C@@H]2OC(=O)NCc2cc(-c3nn[nH]n3)cc(Cl)c2F)c2ccccc12. The molecule has 0 radical (unpaired) electrons. The van der Waals surface area contributed by atoms with Crippen LogP contribution in [0.15, 0.2) is 42.6 Å². The molecule has 2 aromatic heterocycles. The van der Waals surface area contributed by atoms with Gasteiger partial charge < -0.3 is 19.5 Å². The molecule has 2 aromatic carbocycles. The first-order chi connectivity index (χ1) is 18.7. The van der Waals surface area contributed by atoms with Crippen LogP contribution in [-0.2, 0) is 22.6 Å². The van der Waals surface area contributed by atoms with E-state index in [2.05, 4.69) is 25.9 Å².